The van der Waals surface area contributed by atoms with Crippen LogP contribution in [-0.4, -0.2) is 31.0 Å². The van der Waals surface area contributed by atoms with Crippen molar-refractivity contribution < 1.29 is 14.3 Å². The lowest BCUT2D eigenvalue weighted by atomic mass is 9.65. The normalized spacial score (nSPS) is 17.2. The minimum absolute atomic E-state index is 0.00187. The highest BCUT2D eigenvalue weighted by atomic mass is 35.5. The molecule has 0 amide bonds. The number of nitrogens with zero attached hydrogens (tertiary/aromatic N) is 3. The van der Waals surface area contributed by atoms with E-state index in [0.717, 1.165) is 37.3 Å². The molecule has 0 aliphatic heterocycles. The largest absolute Gasteiger partial charge is 0.481 e. The first-order valence-electron chi connectivity index (χ1n) is 10.2. The SMILES string of the molecule is CC1(C(CC(=O)O)Cc2nc(-c3c[nH]c4ncc(Cl)cc34)ncc2F)CCCCC1. The van der Waals surface area contributed by atoms with Gasteiger partial charge in [-0.1, -0.05) is 37.8 Å². The van der Waals surface area contributed by atoms with Crippen molar-refractivity contribution in [3.8, 4) is 11.4 Å². The number of nitrogens with one attached hydrogen (secondary N) is 1. The number of aromatic nitrogens is 4. The van der Waals surface area contributed by atoms with Gasteiger partial charge >= 0.3 is 5.97 Å². The van der Waals surface area contributed by atoms with Crippen LogP contribution >= 0.6 is 11.6 Å². The molecule has 1 saturated carbocycles. The number of carbonyl (C=O) groups is 1. The summed E-state index contributed by atoms with van der Waals surface area (Å²) in [6, 6.07) is 1.76. The van der Waals surface area contributed by atoms with Crippen LogP contribution in [0.15, 0.2) is 24.7 Å². The predicted octanol–water partition coefficient (Wildman–Crippen LogP) is 5.42. The minimum Gasteiger partial charge on any atom is -0.481 e. The Labute approximate surface area is 178 Å². The maximum Gasteiger partial charge on any atom is 0.303 e. The van der Waals surface area contributed by atoms with E-state index in [1.54, 1.807) is 18.5 Å². The molecule has 1 unspecified atom stereocenters. The number of rotatable bonds is 6. The molecule has 1 atom stereocenters. The number of carboxylic acids is 1. The summed E-state index contributed by atoms with van der Waals surface area (Å²) in [5, 5.41) is 10.7. The van der Waals surface area contributed by atoms with Crippen LogP contribution in [0.25, 0.3) is 22.4 Å². The highest BCUT2D eigenvalue weighted by Gasteiger charge is 2.37. The van der Waals surface area contributed by atoms with Gasteiger partial charge in [0.25, 0.3) is 0 Å². The molecule has 6 nitrogen and oxygen atoms in total. The average Bonchev–Trinajstić information content (AvgIpc) is 3.12. The zero-order valence-electron chi connectivity index (χ0n) is 16.8. The maximum atomic E-state index is 14.7. The van der Waals surface area contributed by atoms with Crippen molar-refractivity contribution in [2.24, 2.45) is 11.3 Å². The van der Waals surface area contributed by atoms with E-state index in [1.807, 2.05) is 0 Å². The lowest BCUT2D eigenvalue weighted by Gasteiger charge is -2.40. The van der Waals surface area contributed by atoms with Crippen molar-refractivity contribution in [1.82, 2.24) is 19.9 Å². The van der Waals surface area contributed by atoms with E-state index in [1.165, 1.54) is 6.42 Å². The van der Waals surface area contributed by atoms with E-state index in [2.05, 4.69) is 26.9 Å². The molecule has 1 fully saturated rings. The summed E-state index contributed by atoms with van der Waals surface area (Å²) in [5.74, 6) is -1.19. The molecule has 3 heterocycles. The zero-order chi connectivity index (χ0) is 21.3. The van der Waals surface area contributed by atoms with Crippen LogP contribution in [0.1, 0.15) is 51.1 Å². The standard InChI is InChI=1S/C22H24ClFN4O2/c1-22(5-3-2-4-6-22)13(8-19(29)30)7-18-17(24)12-27-21(28-18)16-11-26-20-15(16)9-14(23)10-25-20/h9-13H,2-8H2,1H3,(H,25,26)(H,29,30). The van der Waals surface area contributed by atoms with Crippen molar-refractivity contribution in [2.75, 3.05) is 0 Å². The molecule has 0 bridgehead atoms. The third-order valence-corrected chi connectivity index (χ3v) is 6.60. The molecule has 1 aliphatic carbocycles. The Hall–Kier alpha value is -2.54. The van der Waals surface area contributed by atoms with Crippen molar-refractivity contribution in [1.29, 1.82) is 0 Å². The molecule has 2 N–H and O–H groups in total. The third-order valence-electron chi connectivity index (χ3n) is 6.40. The topological polar surface area (TPSA) is 91.8 Å². The van der Waals surface area contributed by atoms with E-state index < -0.39 is 11.8 Å². The Kier molecular flexibility index (Phi) is 5.73. The van der Waals surface area contributed by atoms with Gasteiger partial charge in [0, 0.05) is 29.8 Å². The number of H-pyrrole nitrogens is 1. The van der Waals surface area contributed by atoms with E-state index in [4.69, 9.17) is 11.6 Å². The van der Waals surface area contributed by atoms with Crippen molar-refractivity contribution in [3.05, 3.63) is 41.2 Å². The van der Waals surface area contributed by atoms with E-state index in [-0.39, 0.29) is 29.9 Å². The predicted molar refractivity (Wildman–Crippen MR) is 113 cm³/mol. The number of aliphatic carboxylic acids is 1. The first kappa shape index (κ1) is 20.7. The van der Waals surface area contributed by atoms with Gasteiger partial charge in [0.1, 0.15) is 5.65 Å². The van der Waals surface area contributed by atoms with Gasteiger partial charge in [0.05, 0.1) is 16.9 Å². The Morgan fingerprint density at radius 1 is 1.30 bits per heavy atom. The lowest BCUT2D eigenvalue weighted by Crippen LogP contribution is -2.33. The molecular weight excluding hydrogens is 407 g/mol. The van der Waals surface area contributed by atoms with Crippen LogP contribution in [0, 0.1) is 17.2 Å². The van der Waals surface area contributed by atoms with Crippen LogP contribution in [-0.2, 0) is 11.2 Å². The van der Waals surface area contributed by atoms with Crippen LogP contribution < -0.4 is 0 Å². The molecular formula is C22H24ClFN4O2. The number of fused-ring (bicyclic) bond motifs is 1. The number of hydrogen-bond acceptors (Lipinski definition) is 4. The van der Waals surface area contributed by atoms with Crippen LogP contribution in [0.5, 0.6) is 0 Å². The maximum absolute atomic E-state index is 14.7. The molecule has 0 spiro atoms. The molecule has 8 heteroatoms. The van der Waals surface area contributed by atoms with Gasteiger partial charge in [-0.3, -0.25) is 4.79 Å². The van der Waals surface area contributed by atoms with E-state index in [9.17, 15) is 14.3 Å². The molecule has 1 aliphatic rings. The van der Waals surface area contributed by atoms with Gasteiger partial charge in [-0.25, -0.2) is 19.3 Å². The number of aromatic amines is 1. The summed E-state index contributed by atoms with van der Waals surface area (Å²) < 4.78 is 14.7. The van der Waals surface area contributed by atoms with Gasteiger partial charge in [0.15, 0.2) is 11.6 Å². The monoisotopic (exact) mass is 430 g/mol. The molecule has 3 aromatic heterocycles. The molecule has 158 valence electrons. The lowest BCUT2D eigenvalue weighted by molar-refractivity contribution is -0.139. The fourth-order valence-electron chi connectivity index (χ4n) is 4.62. The van der Waals surface area contributed by atoms with E-state index >= 15 is 0 Å². The quantitative estimate of drug-likeness (QED) is 0.545. The Morgan fingerprint density at radius 3 is 2.80 bits per heavy atom. The minimum atomic E-state index is -0.862. The summed E-state index contributed by atoms with van der Waals surface area (Å²) in [5.41, 5.74) is 1.44. The number of hydrogen-bond donors (Lipinski definition) is 2. The van der Waals surface area contributed by atoms with Crippen LogP contribution in [0.3, 0.4) is 0 Å². The van der Waals surface area contributed by atoms with Crippen molar-refractivity contribution in [2.45, 2.75) is 51.9 Å². The molecule has 3 aromatic rings. The summed E-state index contributed by atoms with van der Waals surface area (Å²) in [4.78, 5) is 27.5. The van der Waals surface area contributed by atoms with E-state index in [0.29, 0.717) is 22.1 Å². The molecule has 30 heavy (non-hydrogen) atoms. The second-order valence-electron chi connectivity index (χ2n) is 8.45. The summed E-state index contributed by atoms with van der Waals surface area (Å²) in [6.07, 6.45) is 9.93. The van der Waals surface area contributed by atoms with Gasteiger partial charge in [-0.2, -0.15) is 0 Å². The summed E-state index contributed by atoms with van der Waals surface area (Å²) >= 11 is 6.08. The smallest absolute Gasteiger partial charge is 0.303 e. The Morgan fingerprint density at radius 2 is 2.07 bits per heavy atom. The molecule has 4 rings (SSSR count). The Bertz CT molecular complexity index is 1080. The molecule has 0 radical (unpaired) electrons. The second kappa shape index (κ2) is 8.30. The van der Waals surface area contributed by atoms with Gasteiger partial charge < -0.3 is 10.1 Å². The first-order valence-corrected chi connectivity index (χ1v) is 10.6. The zero-order valence-corrected chi connectivity index (χ0v) is 17.5. The fourth-order valence-corrected chi connectivity index (χ4v) is 4.77. The average molecular weight is 431 g/mol. The van der Waals surface area contributed by atoms with Crippen LogP contribution in [0.2, 0.25) is 5.02 Å². The van der Waals surface area contributed by atoms with Crippen molar-refractivity contribution in [3.63, 3.8) is 0 Å². The Balaban J connectivity index is 1.69. The summed E-state index contributed by atoms with van der Waals surface area (Å²) in [7, 11) is 0. The summed E-state index contributed by atoms with van der Waals surface area (Å²) in [6.45, 7) is 2.13. The van der Waals surface area contributed by atoms with Gasteiger partial charge in [-0.15, -0.1) is 0 Å². The van der Waals surface area contributed by atoms with Gasteiger partial charge in [0.2, 0.25) is 0 Å². The fraction of sp³-hybridized carbons (Fsp3) is 0.455. The number of halogens is 2. The highest BCUT2D eigenvalue weighted by molar-refractivity contribution is 6.31. The third kappa shape index (κ3) is 4.17. The van der Waals surface area contributed by atoms with Gasteiger partial charge in [-0.05, 0) is 36.7 Å². The number of carboxylic acid groups (broad SMARTS) is 1. The molecule has 0 aromatic carbocycles. The van der Waals surface area contributed by atoms with Crippen LogP contribution in [0.4, 0.5) is 4.39 Å². The second-order valence-corrected chi connectivity index (χ2v) is 8.89. The highest BCUT2D eigenvalue weighted by Crippen LogP contribution is 2.45. The molecule has 0 saturated heterocycles. The first-order chi connectivity index (χ1) is 14.4. The number of pyridine rings is 1. The van der Waals surface area contributed by atoms with Crippen molar-refractivity contribution >= 4 is 28.6 Å².